The van der Waals surface area contributed by atoms with Crippen LogP contribution in [0, 0.1) is 11.8 Å². The van der Waals surface area contributed by atoms with Gasteiger partial charge in [0.1, 0.15) is 12.4 Å². The maximum Gasteiger partial charge on any atom is 0.235 e. The number of β-lactam (4-membered cyclic amide) rings is 1. The van der Waals surface area contributed by atoms with Crippen LogP contribution in [0.15, 0.2) is 53.7 Å². The van der Waals surface area contributed by atoms with E-state index >= 15 is 0 Å². The first-order valence-corrected chi connectivity index (χ1v) is 10.2. The molecule has 0 spiro atoms. The van der Waals surface area contributed by atoms with Crippen molar-refractivity contribution in [2.24, 2.45) is 11.8 Å². The number of carboxylic acid groups (broad SMARTS) is 1. The molecule has 3 aliphatic rings. The number of aliphatic hydroxyl groups excluding tert-OH is 1. The van der Waals surface area contributed by atoms with Gasteiger partial charge in [0.15, 0.2) is 5.78 Å². The van der Waals surface area contributed by atoms with Gasteiger partial charge in [-0.3, -0.25) is 9.59 Å². The number of ketones is 1. The van der Waals surface area contributed by atoms with E-state index < -0.39 is 29.9 Å². The largest absolute Gasteiger partial charge is 0.543 e. The van der Waals surface area contributed by atoms with E-state index in [1.165, 1.54) is 11.8 Å². The minimum Gasteiger partial charge on any atom is -0.543 e. The van der Waals surface area contributed by atoms with E-state index in [1.807, 2.05) is 19.1 Å². The zero-order valence-electron chi connectivity index (χ0n) is 17.0. The second kappa shape index (κ2) is 6.78. The maximum absolute atomic E-state index is 12.7. The van der Waals surface area contributed by atoms with Crippen molar-refractivity contribution in [3.05, 3.63) is 64.9 Å². The van der Waals surface area contributed by atoms with Gasteiger partial charge in [-0.15, -0.1) is 0 Å². The summed E-state index contributed by atoms with van der Waals surface area (Å²) in [6.07, 6.45) is -0.876. The van der Waals surface area contributed by atoms with Crippen molar-refractivity contribution < 1.29 is 29.3 Å². The van der Waals surface area contributed by atoms with Crippen LogP contribution in [-0.2, 0) is 9.59 Å². The van der Waals surface area contributed by atoms with Crippen molar-refractivity contribution in [2.75, 3.05) is 6.61 Å². The molecule has 0 bridgehead atoms. The lowest BCUT2D eigenvalue weighted by atomic mass is 9.78. The molecule has 0 saturated carbocycles. The summed E-state index contributed by atoms with van der Waals surface area (Å²) in [4.78, 5) is 38.2. The van der Waals surface area contributed by atoms with Crippen LogP contribution in [-0.4, -0.2) is 46.4 Å². The monoisotopic (exact) mass is 418 g/mol. The molecule has 4 atom stereocenters. The third-order valence-corrected chi connectivity index (χ3v) is 6.60. The van der Waals surface area contributed by atoms with Crippen molar-refractivity contribution in [1.82, 2.24) is 4.90 Å². The van der Waals surface area contributed by atoms with Gasteiger partial charge in [0.2, 0.25) is 5.91 Å². The fraction of sp³-hybridized carbons (Fsp3) is 0.292. The standard InChI is InChI=1S/C24H21NO6/c1-11-16(21(24(29)30)25-20(11)18(12(2)26)23(25)28)10-31-17-9-5-8-15-19(17)13-6-3-4-7-14(13)22(15)27/h3-9,11-12,18,20,26H,10H2,1-2H3,(H,29,30)/p-1/t11-,12?,18?,20?/m0/s1. The maximum atomic E-state index is 12.7. The Labute approximate surface area is 178 Å². The number of hydrogen-bond donors (Lipinski definition) is 1. The molecule has 3 unspecified atom stereocenters. The number of fused-ring (bicyclic) bond motifs is 4. The van der Waals surface area contributed by atoms with E-state index in [4.69, 9.17) is 4.74 Å². The molecular formula is C24H20NO6-. The van der Waals surface area contributed by atoms with E-state index in [0.29, 0.717) is 28.0 Å². The summed E-state index contributed by atoms with van der Waals surface area (Å²) in [6.45, 7) is 3.29. The highest BCUT2D eigenvalue weighted by Gasteiger charge is 2.58. The van der Waals surface area contributed by atoms with Gasteiger partial charge in [0, 0.05) is 22.6 Å². The molecule has 2 heterocycles. The summed E-state index contributed by atoms with van der Waals surface area (Å²) >= 11 is 0. The van der Waals surface area contributed by atoms with Gasteiger partial charge >= 0.3 is 0 Å². The predicted molar refractivity (Wildman–Crippen MR) is 108 cm³/mol. The van der Waals surface area contributed by atoms with E-state index in [1.54, 1.807) is 30.3 Å². The number of nitrogens with zero attached hydrogens (tertiary/aromatic N) is 1. The number of aliphatic carboxylic acids is 1. The normalized spacial score (nSPS) is 24.5. The number of hydrogen-bond acceptors (Lipinski definition) is 6. The molecule has 1 N–H and O–H groups in total. The van der Waals surface area contributed by atoms with Gasteiger partial charge in [-0.1, -0.05) is 43.3 Å². The molecule has 1 aliphatic carbocycles. The highest BCUT2D eigenvalue weighted by molar-refractivity contribution is 6.22. The summed E-state index contributed by atoms with van der Waals surface area (Å²) in [7, 11) is 0. The van der Waals surface area contributed by atoms with Crippen molar-refractivity contribution in [2.45, 2.75) is 26.0 Å². The number of ether oxygens (including phenoxy) is 1. The summed E-state index contributed by atoms with van der Waals surface area (Å²) in [5.41, 5.74) is 2.87. The number of benzene rings is 2. The lowest BCUT2D eigenvalue weighted by molar-refractivity contribution is -0.301. The molecule has 1 saturated heterocycles. The Balaban J connectivity index is 1.49. The first kappa shape index (κ1) is 19.5. The molecule has 31 heavy (non-hydrogen) atoms. The van der Waals surface area contributed by atoms with Crippen LogP contribution in [0.4, 0.5) is 0 Å². The third-order valence-electron chi connectivity index (χ3n) is 6.60. The topological polar surface area (TPSA) is 107 Å². The Kier molecular flexibility index (Phi) is 4.27. The van der Waals surface area contributed by atoms with Crippen LogP contribution in [0.3, 0.4) is 0 Å². The van der Waals surface area contributed by atoms with Crippen LogP contribution >= 0.6 is 0 Å². The first-order chi connectivity index (χ1) is 14.8. The molecule has 5 rings (SSSR count). The fourth-order valence-corrected chi connectivity index (χ4v) is 5.14. The minimum atomic E-state index is -1.44. The summed E-state index contributed by atoms with van der Waals surface area (Å²) in [6, 6.07) is 12.1. The van der Waals surface area contributed by atoms with E-state index in [9.17, 15) is 24.6 Å². The summed E-state index contributed by atoms with van der Waals surface area (Å²) in [5.74, 6) is -2.41. The van der Waals surface area contributed by atoms with Gasteiger partial charge in [-0.25, -0.2) is 0 Å². The molecule has 1 amide bonds. The molecule has 158 valence electrons. The lowest BCUT2D eigenvalue weighted by Crippen LogP contribution is -2.64. The van der Waals surface area contributed by atoms with Crippen LogP contribution in [0.1, 0.15) is 29.8 Å². The molecule has 2 aromatic carbocycles. The van der Waals surface area contributed by atoms with Gasteiger partial charge in [-0.2, -0.15) is 0 Å². The van der Waals surface area contributed by atoms with Crippen molar-refractivity contribution >= 4 is 17.7 Å². The fourth-order valence-electron chi connectivity index (χ4n) is 5.14. The molecule has 0 aromatic heterocycles. The number of carbonyl (C=O) groups is 3. The SMILES string of the molecule is CC(O)C1C(=O)N2C(C(=O)[O-])=C(COc3cccc4c3-c3ccccc3C4=O)[C@H](C)C12. The highest BCUT2D eigenvalue weighted by atomic mass is 16.5. The van der Waals surface area contributed by atoms with Crippen LogP contribution < -0.4 is 9.84 Å². The molecular weight excluding hydrogens is 398 g/mol. The molecule has 7 nitrogen and oxygen atoms in total. The number of aliphatic hydroxyl groups is 1. The Bertz CT molecular complexity index is 1180. The average molecular weight is 418 g/mol. The quantitative estimate of drug-likeness (QED) is 0.623. The van der Waals surface area contributed by atoms with Crippen molar-refractivity contribution in [3.8, 4) is 16.9 Å². The second-order valence-electron chi connectivity index (χ2n) is 8.26. The van der Waals surface area contributed by atoms with E-state index in [-0.39, 0.29) is 24.0 Å². The number of rotatable bonds is 5. The zero-order chi connectivity index (χ0) is 22.0. The summed E-state index contributed by atoms with van der Waals surface area (Å²) < 4.78 is 6.04. The van der Waals surface area contributed by atoms with Gasteiger partial charge in [0.25, 0.3) is 0 Å². The summed E-state index contributed by atoms with van der Waals surface area (Å²) in [5, 5.41) is 21.8. The second-order valence-corrected chi connectivity index (χ2v) is 8.26. The van der Waals surface area contributed by atoms with Crippen LogP contribution in [0.2, 0.25) is 0 Å². The Morgan fingerprint density at radius 1 is 1.13 bits per heavy atom. The zero-order valence-corrected chi connectivity index (χ0v) is 17.0. The number of amides is 1. The first-order valence-electron chi connectivity index (χ1n) is 10.2. The van der Waals surface area contributed by atoms with Crippen molar-refractivity contribution in [1.29, 1.82) is 0 Å². The van der Waals surface area contributed by atoms with E-state index in [2.05, 4.69) is 0 Å². The molecule has 2 aromatic rings. The van der Waals surface area contributed by atoms with Crippen LogP contribution in [0.25, 0.3) is 11.1 Å². The van der Waals surface area contributed by atoms with Crippen LogP contribution in [0.5, 0.6) is 5.75 Å². The highest BCUT2D eigenvalue weighted by Crippen LogP contribution is 2.48. The van der Waals surface area contributed by atoms with Crippen molar-refractivity contribution in [3.63, 3.8) is 0 Å². The van der Waals surface area contributed by atoms with E-state index in [0.717, 1.165) is 5.56 Å². The van der Waals surface area contributed by atoms with Gasteiger partial charge < -0.3 is 24.6 Å². The van der Waals surface area contributed by atoms with Gasteiger partial charge in [0.05, 0.1) is 29.7 Å². The molecule has 0 radical (unpaired) electrons. The molecule has 7 heteroatoms. The minimum absolute atomic E-state index is 0.0654. The lowest BCUT2D eigenvalue weighted by Gasteiger charge is -2.47. The smallest absolute Gasteiger partial charge is 0.235 e. The Hall–Kier alpha value is -3.45. The molecule has 2 aliphatic heterocycles. The average Bonchev–Trinajstić information content (AvgIpc) is 3.16. The Morgan fingerprint density at radius 2 is 1.81 bits per heavy atom. The number of carboxylic acids is 1. The Morgan fingerprint density at radius 3 is 2.48 bits per heavy atom. The third kappa shape index (κ3) is 2.59. The predicted octanol–water partition coefficient (Wildman–Crippen LogP) is 1.14. The van der Waals surface area contributed by atoms with Gasteiger partial charge in [-0.05, 0) is 24.1 Å². The number of carbonyl (C=O) groups excluding carboxylic acids is 3. The molecule has 1 fully saturated rings.